The van der Waals surface area contributed by atoms with Crippen LogP contribution in [0.1, 0.15) is 20.8 Å². The van der Waals surface area contributed by atoms with E-state index in [1.165, 1.54) is 12.1 Å². The van der Waals surface area contributed by atoms with Crippen LogP contribution in [0.5, 0.6) is 17.2 Å². The lowest BCUT2D eigenvalue weighted by molar-refractivity contribution is -0.142. The molecule has 0 bridgehead atoms. The zero-order valence-corrected chi connectivity index (χ0v) is 18.1. The van der Waals surface area contributed by atoms with Crippen molar-refractivity contribution < 1.29 is 22.7 Å². The summed E-state index contributed by atoms with van der Waals surface area (Å²) in [6, 6.07) is 9.32. The van der Waals surface area contributed by atoms with Gasteiger partial charge in [0.15, 0.2) is 15.6 Å². The van der Waals surface area contributed by atoms with Crippen LogP contribution in [0.4, 0.5) is 0 Å². The number of fused-ring (bicyclic) bond motifs is 1. The highest BCUT2D eigenvalue weighted by Gasteiger charge is 2.24. The van der Waals surface area contributed by atoms with E-state index in [9.17, 15) is 13.2 Å². The number of aromatic nitrogens is 2. The Labute approximate surface area is 171 Å². The van der Waals surface area contributed by atoms with Gasteiger partial charge in [-0.2, -0.15) is 5.10 Å². The van der Waals surface area contributed by atoms with Crippen molar-refractivity contribution in [2.75, 3.05) is 6.26 Å². The number of nitrogens with one attached hydrogen (secondary N) is 1. The Hall–Kier alpha value is -2.39. The third-order valence-corrected chi connectivity index (χ3v) is 5.60. The number of benzene rings is 2. The number of rotatable bonds is 4. The van der Waals surface area contributed by atoms with Gasteiger partial charge < -0.3 is 9.47 Å². The summed E-state index contributed by atoms with van der Waals surface area (Å²) < 4.78 is 35.1. The van der Waals surface area contributed by atoms with Gasteiger partial charge in [-0.3, -0.25) is 9.89 Å². The highest BCUT2D eigenvalue weighted by Crippen LogP contribution is 2.37. The number of carbonyl (C=O) groups is 1. The first kappa shape index (κ1) is 20.3. The molecule has 0 atom stereocenters. The van der Waals surface area contributed by atoms with Crippen molar-refractivity contribution in [3.05, 3.63) is 41.0 Å². The normalized spacial score (nSPS) is 12.2. The van der Waals surface area contributed by atoms with Gasteiger partial charge in [0.1, 0.15) is 21.6 Å². The number of aromatic amines is 1. The van der Waals surface area contributed by atoms with Crippen LogP contribution in [0.15, 0.2) is 45.9 Å². The van der Waals surface area contributed by atoms with Gasteiger partial charge in [0.25, 0.3) is 0 Å². The Morgan fingerprint density at radius 3 is 2.32 bits per heavy atom. The fourth-order valence-corrected chi connectivity index (χ4v) is 3.35. The fourth-order valence-electron chi connectivity index (χ4n) is 2.31. The molecule has 2 aromatic carbocycles. The molecule has 9 heteroatoms. The number of carbonyl (C=O) groups excluding carboxylic acids is 1. The van der Waals surface area contributed by atoms with Crippen LogP contribution in [0.2, 0.25) is 0 Å². The van der Waals surface area contributed by atoms with Crippen molar-refractivity contribution in [3.63, 3.8) is 0 Å². The van der Waals surface area contributed by atoms with Crippen LogP contribution in [0.3, 0.4) is 0 Å². The van der Waals surface area contributed by atoms with Gasteiger partial charge in [-0.05, 0) is 67.0 Å². The number of halogens is 1. The minimum Gasteiger partial charge on any atom is -0.455 e. The molecule has 3 aromatic rings. The predicted molar refractivity (Wildman–Crippen MR) is 109 cm³/mol. The summed E-state index contributed by atoms with van der Waals surface area (Å²) in [5, 5.41) is 7.65. The molecule has 1 heterocycles. The molecule has 28 heavy (non-hydrogen) atoms. The summed E-state index contributed by atoms with van der Waals surface area (Å²) in [7, 11) is -3.29. The van der Waals surface area contributed by atoms with E-state index in [0.717, 1.165) is 6.26 Å². The number of esters is 1. The second-order valence-electron chi connectivity index (χ2n) is 7.34. The minimum absolute atomic E-state index is 0.196. The molecule has 1 aromatic heterocycles. The van der Waals surface area contributed by atoms with Crippen LogP contribution >= 0.6 is 15.9 Å². The Morgan fingerprint density at radius 1 is 1.11 bits per heavy atom. The van der Waals surface area contributed by atoms with E-state index in [0.29, 0.717) is 32.8 Å². The first-order valence-electron chi connectivity index (χ1n) is 8.33. The monoisotopic (exact) mass is 466 g/mol. The van der Waals surface area contributed by atoms with Crippen LogP contribution in [0, 0.1) is 5.41 Å². The SMILES string of the molecule is CC(C)(C)C(=O)Oc1cc(Oc2ccc(S(C)(=O)=O)cc2)c2[nH]nc(Br)c2c1. The molecule has 0 radical (unpaired) electrons. The van der Waals surface area contributed by atoms with Gasteiger partial charge in [0.05, 0.1) is 10.3 Å². The minimum atomic E-state index is -3.29. The van der Waals surface area contributed by atoms with Gasteiger partial charge >= 0.3 is 5.97 Å². The zero-order chi connectivity index (χ0) is 20.7. The van der Waals surface area contributed by atoms with E-state index < -0.39 is 15.3 Å². The Kier molecular flexibility index (Phi) is 5.24. The quantitative estimate of drug-likeness (QED) is 0.449. The highest BCUT2D eigenvalue weighted by molar-refractivity contribution is 9.10. The van der Waals surface area contributed by atoms with Crippen molar-refractivity contribution in [3.8, 4) is 17.2 Å². The van der Waals surface area contributed by atoms with Crippen molar-refractivity contribution in [2.24, 2.45) is 5.41 Å². The van der Waals surface area contributed by atoms with E-state index in [4.69, 9.17) is 9.47 Å². The molecule has 1 N–H and O–H groups in total. The third-order valence-electron chi connectivity index (χ3n) is 3.87. The molecular formula is C19H19BrN2O5S. The van der Waals surface area contributed by atoms with E-state index in [1.54, 1.807) is 45.0 Å². The molecule has 0 aliphatic carbocycles. The van der Waals surface area contributed by atoms with Crippen LogP contribution in [-0.4, -0.2) is 30.8 Å². The van der Waals surface area contributed by atoms with Gasteiger partial charge in [-0.1, -0.05) is 0 Å². The van der Waals surface area contributed by atoms with Crippen LogP contribution < -0.4 is 9.47 Å². The maximum atomic E-state index is 12.2. The summed E-state index contributed by atoms with van der Waals surface area (Å²) in [6.45, 7) is 5.30. The fraction of sp³-hybridized carbons (Fsp3) is 0.263. The number of nitrogens with zero attached hydrogens (tertiary/aromatic N) is 1. The molecule has 0 unspecified atom stereocenters. The van der Waals surface area contributed by atoms with E-state index in [1.807, 2.05) is 0 Å². The molecule has 0 saturated heterocycles. The van der Waals surface area contributed by atoms with Crippen molar-refractivity contribution in [1.29, 1.82) is 0 Å². The smallest absolute Gasteiger partial charge is 0.316 e. The van der Waals surface area contributed by atoms with Gasteiger partial charge in [0.2, 0.25) is 0 Å². The first-order chi connectivity index (χ1) is 12.9. The highest BCUT2D eigenvalue weighted by atomic mass is 79.9. The molecule has 3 rings (SSSR count). The maximum absolute atomic E-state index is 12.2. The van der Waals surface area contributed by atoms with Crippen LogP contribution in [-0.2, 0) is 14.6 Å². The third kappa shape index (κ3) is 4.36. The summed E-state index contributed by atoms with van der Waals surface area (Å²) in [6.07, 6.45) is 1.14. The first-order valence-corrected chi connectivity index (χ1v) is 11.0. The molecule has 0 amide bonds. The van der Waals surface area contributed by atoms with Crippen molar-refractivity contribution in [2.45, 2.75) is 25.7 Å². The van der Waals surface area contributed by atoms with E-state index in [-0.39, 0.29) is 10.9 Å². The Morgan fingerprint density at radius 2 is 1.75 bits per heavy atom. The number of hydrogen-bond acceptors (Lipinski definition) is 6. The van der Waals surface area contributed by atoms with E-state index >= 15 is 0 Å². The molecule has 148 valence electrons. The Bertz CT molecular complexity index is 1150. The average Bonchev–Trinajstić information content (AvgIpc) is 2.95. The van der Waals surface area contributed by atoms with E-state index in [2.05, 4.69) is 26.1 Å². The summed E-state index contributed by atoms with van der Waals surface area (Å²) in [5.74, 6) is 0.755. The molecule has 0 aliphatic heterocycles. The second kappa shape index (κ2) is 7.21. The molecule has 0 fully saturated rings. The van der Waals surface area contributed by atoms with Gasteiger partial charge in [-0.15, -0.1) is 0 Å². The number of ether oxygens (including phenoxy) is 2. The predicted octanol–water partition coefficient (Wildman–Crippen LogP) is 4.47. The standard InChI is InChI=1S/C19H19BrN2O5S/c1-19(2,3)18(23)27-12-9-14-16(21-22-17(14)20)15(10-12)26-11-5-7-13(8-6-11)28(4,24)25/h5-10H,1-4H3,(H,21,22). The molecule has 0 saturated carbocycles. The lowest BCUT2D eigenvalue weighted by Crippen LogP contribution is -2.25. The number of hydrogen-bond donors (Lipinski definition) is 1. The average molecular weight is 467 g/mol. The lowest BCUT2D eigenvalue weighted by atomic mass is 9.97. The molecule has 0 aliphatic rings. The van der Waals surface area contributed by atoms with Crippen molar-refractivity contribution >= 4 is 42.6 Å². The zero-order valence-electron chi connectivity index (χ0n) is 15.7. The van der Waals surface area contributed by atoms with Crippen molar-refractivity contribution in [1.82, 2.24) is 10.2 Å². The number of H-pyrrole nitrogens is 1. The molecular weight excluding hydrogens is 448 g/mol. The summed E-state index contributed by atoms with van der Waals surface area (Å²) in [5.41, 5.74) is -0.0555. The molecule has 7 nitrogen and oxygen atoms in total. The molecule has 0 spiro atoms. The summed E-state index contributed by atoms with van der Waals surface area (Å²) in [4.78, 5) is 12.4. The topological polar surface area (TPSA) is 98.4 Å². The second-order valence-corrected chi connectivity index (χ2v) is 10.1. The Balaban J connectivity index is 1.99. The van der Waals surface area contributed by atoms with Gasteiger partial charge in [-0.25, -0.2) is 8.42 Å². The largest absolute Gasteiger partial charge is 0.455 e. The van der Waals surface area contributed by atoms with Crippen LogP contribution in [0.25, 0.3) is 10.9 Å². The maximum Gasteiger partial charge on any atom is 0.316 e. The van der Waals surface area contributed by atoms with Gasteiger partial charge in [0, 0.05) is 17.7 Å². The lowest BCUT2D eigenvalue weighted by Gasteiger charge is -2.17. The summed E-state index contributed by atoms with van der Waals surface area (Å²) >= 11 is 3.35. The number of sulfone groups is 1.